The van der Waals surface area contributed by atoms with Crippen molar-refractivity contribution in [1.29, 1.82) is 0 Å². The first-order valence-corrected chi connectivity index (χ1v) is 10.5. The number of benzene rings is 1. The van der Waals surface area contributed by atoms with Gasteiger partial charge in [0.15, 0.2) is 9.84 Å². The van der Waals surface area contributed by atoms with Crippen molar-refractivity contribution in [1.82, 2.24) is 9.80 Å². The minimum Gasteiger partial charge on any atom is -0.340 e. The van der Waals surface area contributed by atoms with Crippen molar-refractivity contribution in [3.05, 3.63) is 29.8 Å². The Morgan fingerprint density at radius 3 is 2.24 bits per heavy atom. The predicted octanol–water partition coefficient (Wildman–Crippen LogP) is 1.20. The van der Waals surface area contributed by atoms with E-state index < -0.39 is 15.3 Å². The lowest BCUT2D eigenvalue weighted by Gasteiger charge is -2.45. The molecule has 2 aliphatic rings. The highest BCUT2D eigenvalue weighted by atomic mass is 32.2. The normalized spacial score (nSPS) is 20.3. The Labute approximate surface area is 148 Å². The summed E-state index contributed by atoms with van der Waals surface area (Å²) in [5, 5.41) is 0. The number of sulfone groups is 1. The number of likely N-dealkylation sites (N-methyl/N-ethyl adjacent to an activating group) is 1. The number of hydrogen-bond acceptors (Lipinski definition) is 4. The van der Waals surface area contributed by atoms with Crippen LogP contribution in [0.15, 0.2) is 29.2 Å². The largest absolute Gasteiger partial charge is 0.340 e. The van der Waals surface area contributed by atoms with E-state index in [1.165, 1.54) is 6.26 Å². The van der Waals surface area contributed by atoms with Gasteiger partial charge in [0.25, 0.3) is 0 Å². The Kier molecular flexibility index (Phi) is 4.62. The molecule has 0 atom stereocenters. The lowest BCUT2D eigenvalue weighted by molar-refractivity contribution is -0.150. The summed E-state index contributed by atoms with van der Waals surface area (Å²) in [7, 11) is -3.26. The molecule has 7 heteroatoms. The van der Waals surface area contributed by atoms with Gasteiger partial charge in [-0.25, -0.2) is 8.42 Å². The van der Waals surface area contributed by atoms with Gasteiger partial charge in [0.2, 0.25) is 11.8 Å². The second-order valence-electron chi connectivity index (χ2n) is 6.93. The van der Waals surface area contributed by atoms with E-state index in [1.807, 2.05) is 6.92 Å². The summed E-state index contributed by atoms with van der Waals surface area (Å²) in [4.78, 5) is 29.0. The monoisotopic (exact) mass is 364 g/mol. The molecule has 1 aromatic carbocycles. The zero-order valence-corrected chi connectivity index (χ0v) is 15.5. The molecule has 1 heterocycles. The zero-order valence-electron chi connectivity index (χ0n) is 14.7. The lowest BCUT2D eigenvalue weighted by atomic mass is 9.63. The number of carbonyl (C=O) groups excluding carboxylic acids is 2. The minimum atomic E-state index is -3.26. The van der Waals surface area contributed by atoms with Gasteiger partial charge in [0, 0.05) is 25.9 Å². The summed E-state index contributed by atoms with van der Waals surface area (Å²) in [6.07, 6.45) is 3.62. The number of piperazine rings is 1. The average Bonchev–Trinajstić information content (AvgIpc) is 2.53. The molecule has 0 bridgehead atoms. The van der Waals surface area contributed by atoms with Crippen LogP contribution >= 0.6 is 0 Å². The summed E-state index contributed by atoms with van der Waals surface area (Å²) in [6, 6.07) is 6.63. The average molecular weight is 364 g/mol. The van der Waals surface area contributed by atoms with Crippen LogP contribution in [-0.2, 0) is 24.8 Å². The molecule has 0 unspecified atom stereocenters. The first kappa shape index (κ1) is 17.9. The summed E-state index contributed by atoms with van der Waals surface area (Å²) < 4.78 is 23.3. The van der Waals surface area contributed by atoms with Gasteiger partial charge >= 0.3 is 0 Å². The Balaban J connectivity index is 1.83. The summed E-state index contributed by atoms with van der Waals surface area (Å²) in [5.74, 6) is -0.0149. The van der Waals surface area contributed by atoms with Crippen LogP contribution in [0.1, 0.15) is 31.7 Å². The van der Waals surface area contributed by atoms with E-state index in [2.05, 4.69) is 0 Å². The fraction of sp³-hybridized carbons (Fsp3) is 0.556. The Morgan fingerprint density at radius 1 is 1.16 bits per heavy atom. The van der Waals surface area contributed by atoms with Crippen LogP contribution in [0.3, 0.4) is 0 Å². The molecule has 2 fully saturated rings. The van der Waals surface area contributed by atoms with Crippen LogP contribution in [0.5, 0.6) is 0 Å². The summed E-state index contributed by atoms with van der Waals surface area (Å²) in [6.45, 7) is 3.87. The SMILES string of the molecule is CCN1CCN(C(=O)C2(c3ccc(S(C)(=O)=O)cc3)CCC2)CC1=O. The highest BCUT2D eigenvalue weighted by molar-refractivity contribution is 7.90. The standard InChI is InChI=1S/C18H24N2O4S/c1-3-19-11-12-20(13-16(19)21)17(22)18(9-4-10-18)14-5-7-15(8-6-14)25(2,23)24/h5-8H,3-4,9-13H2,1-2H3. The first-order valence-electron chi connectivity index (χ1n) is 8.66. The molecule has 1 aromatic rings. The number of rotatable bonds is 4. The van der Waals surface area contributed by atoms with Gasteiger partial charge in [-0.1, -0.05) is 18.6 Å². The molecule has 0 spiro atoms. The van der Waals surface area contributed by atoms with Gasteiger partial charge in [-0.2, -0.15) is 0 Å². The van der Waals surface area contributed by atoms with Crippen LogP contribution in [0.2, 0.25) is 0 Å². The molecule has 6 nitrogen and oxygen atoms in total. The maximum absolute atomic E-state index is 13.2. The second-order valence-corrected chi connectivity index (χ2v) is 8.95. The van der Waals surface area contributed by atoms with Crippen LogP contribution in [0, 0.1) is 0 Å². The van der Waals surface area contributed by atoms with E-state index >= 15 is 0 Å². The second kappa shape index (κ2) is 6.44. The van der Waals surface area contributed by atoms with E-state index in [-0.39, 0.29) is 23.3 Å². The van der Waals surface area contributed by atoms with Crippen molar-refractivity contribution in [2.75, 3.05) is 32.4 Å². The molecular formula is C18H24N2O4S. The number of carbonyl (C=O) groups is 2. The third kappa shape index (κ3) is 3.17. The third-order valence-electron chi connectivity index (χ3n) is 5.44. The Morgan fingerprint density at radius 2 is 1.80 bits per heavy atom. The van der Waals surface area contributed by atoms with Crippen LogP contribution < -0.4 is 0 Å². The van der Waals surface area contributed by atoms with Crippen LogP contribution in [0.4, 0.5) is 0 Å². The highest BCUT2D eigenvalue weighted by Crippen LogP contribution is 2.45. The minimum absolute atomic E-state index is 0.00467. The molecule has 0 radical (unpaired) electrons. The Hall–Kier alpha value is -1.89. The third-order valence-corrected chi connectivity index (χ3v) is 6.57. The van der Waals surface area contributed by atoms with Gasteiger partial charge in [-0.15, -0.1) is 0 Å². The van der Waals surface area contributed by atoms with E-state index in [1.54, 1.807) is 34.1 Å². The van der Waals surface area contributed by atoms with Crippen molar-refractivity contribution < 1.29 is 18.0 Å². The summed E-state index contributed by atoms with van der Waals surface area (Å²) in [5.41, 5.74) is 0.242. The molecule has 136 valence electrons. The molecule has 0 N–H and O–H groups in total. The van der Waals surface area contributed by atoms with Crippen molar-refractivity contribution in [2.45, 2.75) is 36.5 Å². The quantitative estimate of drug-likeness (QED) is 0.805. The molecule has 2 amide bonds. The van der Waals surface area contributed by atoms with E-state index in [9.17, 15) is 18.0 Å². The predicted molar refractivity (Wildman–Crippen MR) is 93.9 cm³/mol. The molecular weight excluding hydrogens is 340 g/mol. The number of amides is 2. The smallest absolute Gasteiger partial charge is 0.242 e. The lowest BCUT2D eigenvalue weighted by Crippen LogP contribution is -2.58. The zero-order chi connectivity index (χ0) is 18.2. The molecule has 1 saturated carbocycles. The maximum Gasteiger partial charge on any atom is 0.242 e. The van der Waals surface area contributed by atoms with Crippen molar-refractivity contribution >= 4 is 21.7 Å². The molecule has 3 rings (SSSR count). The molecule has 1 aliphatic carbocycles. The Bertz CT molecular complexity index is 782. The molecule has 1 saturated heterocycles. The van der Waals surface area contributed by atoms with Crippen molar-refractivity contribution in [3.8, 4) is 0 Å². The molecule has 0 aromatic heterocycles. The summed E-state index contributed by atoms with van der Waals surface area (Å²) >= 11 is 0. The fourth-order valence-electron chi connectivity index (χ4n) is 3.70. The number of nitrogens with zero attached hydrogens (tertiary/aromatic N) is 2. The van der Waals surface area contributed by atoms with Gasteiger partial charge in [0.1, 0.15) is 0 Å². The fourth-order valence-corrected chi connectivity index (χ4v) is 4.33. The van der Waals surface area contributed by atoms with Gasteiger partial charge in [-0.05, 0) is 37.5 Å². The molecule has 1 aliphatic heterocycles. The van der Waals surface area contributed by atoms with Crippen LogP contribution in [-0.4, -0.2) is 62.5 Å². The van der Waals surface area contributed by atoms with E-state index in [0.717, 1.165) is 24.8 Å². The van der Waals surface area contributed by atoms with Gasteiger partial charge in [0.05, 0.1) is 16.9 Å². The van der Waals surface area contributed by atoms with Crippen molar-refractivity contribution in [3.63, 3.8) is 0 Å². The molecule has 25 heavy (non-hydrogen) atoms. The van der Waals surface area contributed by atoms with E-state index in [0.29, 0.717) is 19.6 Å². The highest BCUT2D eigenvalue weighted by Gasteiger charge is 2.48. The van der Waals surface area contributed by atoms with Gasteiger partial charge in [-0.3, -0.25) is 9.59 Å². The van der Waals surface area contributed by atoms with Gasteiger partial charge < -0.3 is 9.80 Å². The van der Waals surface area contributed by atoms with Crippen molar-refractivity contribution in [2.24, 2.45) is 0 Å². The first-order chi connectivity index (χ1) is 11.8. The van der Waals surface area contributed by atoms with Crippen LogP contribution in [0.25, 0.3) is 0 Å². The maximum atomic E-state index is 13.2. The number of hydrogen-bond donors (Lipinski definition) is 0. The topological polar surface area (TPSA) is 74.8 Å². The van der Waals surface area contributed by atoms with E-state index in [4.69, 9.17) is 0 Å².